The first-order valence-corrected chi connectivity index (χ1v) is 8.10. The van der Waals surface area contributed by atoms with Crippen molar-refractivity contribution >= 4 is 17.2 Å². The summed E-state index contributed by atoms with van der Waals surface area (Å²) in [6, 6.07) is 3.76. The van der Waals surface area contributed by atoms with E-state index in [9.17, 15) is 9.59 Å². The normalized spacial score (nSPS) is 10.8. The van der Waals surface area contributed by atoms with Crippen molar-refractivity contribution in [1.82, 2.24) is 25.4 Å². The van der Waals surface area contributed by atoms with Gasteiger partial charge in [-0.25, -0.2) is 4.98 Å². The van der Waals surface area contributed by atoms with E-state index in [1.807, 2.05) is 17.5 Å². The molecule has 8 nitrogen and oxygen atoms in total. The summed E-state index contributed by atoms with van der Waals surface area (Å²) >= 11 is 1.49. The number of aryl methyl sites for hydroxylation is 2. The topological polar surface area (TPSA) is 114 Å². The molecule has 0 atom stereocenters. The van der Waals surface area contributed by atoms with Crippen LogP contribution in [0.25, 0.3) is 10.8 Å². The highest BCUT2D eigenvalue weighted by atomic mass is 32.1. The van der Waals surface area contributed by atoms with Crippen LogP contribution >= 0.6 is 11.3 Å². The predicted molar refractivity (Wildman–Crippen MR) is 87.5 cm³/mol. The van der Waals surface area contributed by atoms with E-state index in [2.05, 4.69) is 25.4 Å². The first-order chi connectivity index (χ1) is 11.5. The van der Waals surface area contributed by atoms with E-state index in [4.69, 9.17) is 4.52 Å². The Labute approximate surface area is 141 Å². The van der Waals surface area contributed by atoms with Crippen LogP contribution in [0.15, 0.2) is 26.8 Å². The molecule has 0 aromatic carbocycles. The molecule has 3 aromatic rings. The molecule has 0 fully saturated rings. The summed E-state index contributed by atoms with van der Waals surface area (Å²) in [4.78, 5) is 35.8. The maximum absolute atomic E-state index is 12.0. The van der Waals surface area contributed by atoms with Gasteiger partial charge in [0.05, 0.1) is 17.8 Å². The highest BCUT2D eigenvalue weighted by molar-refractivity contribution is 7.13. The molecule has 1 amide bonds. The minimum absolute atomic E-state index is 0.0515. The monoisotopic (exact) mass is 345 g/mol. The molecule has 0 bridgehead atoms. The Morgan fingerprint density at radius 1 is 1.38 bits per heavy atom. The lowest BCUT2D eigenvalue weighted by Gasteiger charge is -2.05. The Bertz CT molecular complexity index is 914. The van der Waals surface area contributed by atoms with Gasteiger partial charge in [-0.15, -0.1) is 11.3 Å². The Hall–Kier alpha value is -2.81. The van der Waals surface area contributed by atoms with Gasteiger partial charge >= 0.3 is 0 Å². The fourth-order valence-corrected chi connectivity index (χ4v) is 2.83. The minimum Gasteiger partial charge on any atom is -0.348 e. The Balaban J connectivity index is 1.61. The van der Waals surface area contributed by atoms with Crippen molar-refractivity contribution in [3.8, 4) is 10.8 Å². The average Bonchev–Trinajstić information content (AvgIpc) is 3.19. The van der Waals surface area contributed by atoms with Crippen LogP contribution < -0.4 is 10.9 Å². The van der Waals surface area contributed by atoms with Crippen molar-refractivity contribution in [1.29, 1.82) is 0 Å². The number of aromatic nitrogens is 4. The molecule has 3 heterocycles. The summed E-state index contributed by atoms with van der Waals surface area (Å²) in [6.07, 6.45) is -0.0515. The molecule has 0 aliphatic heterocycles. The summed E-state index contributed by atoms with van der Waals surface area (Å²) < 4.78 is 5.14. The zero-order valence-corrected chi connectivity index (χ0v) is 13.9. The van der Waals surface area contributed by atoms with E-state index in [1.165, 1.54) is 11.3 Å². The lowest BCUT2D eigenvalue weighted by molar-refractivity contribution is -0.120. The maximum Gasteiger partial charge on any atom is 0.268 e. The van der Waals surface area contributed by atoms with Crippen LogP contribution in [0.2, 0.25) is 0 Å². The third kappa shape index (κ3) is 3.57. The first kappa shape index (κ1) is 16.1. The number of carbonyl (C=O) groups excluding carboxylic acids is 1. The molecule has 2 N–H and O–H groups in total. The van der Waals surface area contributed by atoms with E-state index in [0.29, 0.717) is 28.8 Å². The van der Waals surface area contributed by atoms with Crippen molar-refractivity contribution in [3.05, 3.63) is 50.8 Å². The van der Waals surface area contributed by atoms with Gasteiger partial charge in [0.2, 0.25) is 5.91 Å². The van der Waals surface area contributed by atoms with Gasteiger partial charge in [-0.1, -0.05) is 11.2 Å². The number of aromatic amines is 1. The van der Waals surface area contributed by atoms with Crippen LogP contribution in [0.4, 0.5) is 0 Å². The molecule has 124 valence electrons. The molecule has 0 spiro atoms. The number of rotatable bonds is 5. The van der Waals surface area contributed by atoms with Crippen molar-refractivity contribution in [2.75, 3.05) is 0 Å². The summed E-state index contributed by atoms with van der Waals surface area (Å²) in [5, 5.41) is 8.41. The Kier molecular flexibility index (Phi) is 4.52. The fraction of sp³-hybridized carbons (Fsp3) is 0.267. The molecular formula is C15H15N5O3S. The predicted octanol–water partition coefficient (Wildman–Crippen LogP) is 1.36. The van der Waals surface area contributed by atoms with E-state index in [-0.39, 0.29) is 24.4 Å². The second-order valence-corrected chi connectivity index (χ2v) is 6.11. The number of amides is 1. The minimum atomic E-state index is -0.309. The highest BCUT2D eigenvalue weighted by Crippen LogP contribution is 2.22. The number of nitrogens with one attached hydrogen (secondary N) is 2. The van der Waals surface area contributed by atoms with Crippen molar-refractivity contribution in [2.45, 2.75) is 26.8 Å². The van der Waals surface area contributed by atoms with Gasteiger partial charge in [0.25, 0.3) is 11.4 Å². The molecule has 24 heavy (non-hydrogen) atoms. The number of hydrogen-bond acceptors (Lipinski definition) is 7. The molecule has 0 radical (unpaired) electrons. The molecule has 0 saturated heterocycles. The SMILES string of the molecule is Cc1nc(C)c(CC(=O)NCc2noc(-c3cccs3)n2)c(=O)[nH]1. The van der Waals surface area contributed by atoms with E-state index >= 15 is 0 Å². The summed E-state index contributed by atoms with van der Waals surface area (Å²) in [5.41, 5.74) is 0.603. The molecule has 3 rings (SSSR count). The summed E-state index contributed by atoms with van der Waals surface area (Å²) in [5.74, 6) is 1.01. The quantitative estimate of drug-likeness (QED) is 0.722. The summed E-state index contributed by atoms with van der Waals surface area (Å²) in [6.45, 7) is 3.53. The smallest absolute Gasteiger partial charge is 0.268 e. The standard InChI is InChI=1S/C15H15N5O3S/c1-8-10(14(22)18-9(2)17-8)6-13(21)16-7-12-19-15(23-20-12)11-4-3-5-24-11/h3-5H,6-7H2,1-2H3,(H,16,21)(H,17,18,22). The van der Waals surface area contributed by atoms with Crippen LogP contribution in [-0.4, -0.2) is 26.0 Å². The lowest BCUT2D eigenvalue weighted by atomic mass is 10.1. The van der Waals surface area contributed by atoms with Gasteiger partial charge in [-0.05, 0) is 25.3 Å². The molecule has 9 heteroatoms. The van der Waals surface area contributed by atoms with Crippen molar-refractivity contribution in [2.24, 2.45) is 0 Å². The van der Waals surface area contributed by atoms with Gasteiger partial charge in [0.1, 0.15) is 5.82 Å². The van der Waals surface area contributed by atoms with E-state index in [1.54, 1.807) is 13.8 Å². The second-order valence-electron chi connectivity index (χ2n) is 5.16. The number of hydrogen-bond donors (Lipinski definition) is 2. The van der Waals surface area contributed by atoms with E-state index < -0.39 is 0 Å². The average molecular weight is 345 g/mol. The van der Waals surface area contributed by atoms with Gasteiger partial charge in [-0.3, -0.25) is 9.59 Å². The molecule has 0 aliphatic rings. The maximum atomic E-state index is 12.0. The van der Waals surface area contributed by atoms with Gasteiger partial charge in [0.15, 0.2) is 5.82 Å². The molecule has 3 aromatic heterocycles. The number of H-pyrrole nitrogens is 1. The number of carbonyl (C=O) groups is 1. The van der Waals surface area contributed by atoms with Gasteiger partial charge < -0.3 is 14.8 Å². The Morgan fingerprint density at radius 2 is 2.21 bits per heavy atom. The van der Waals surface area contributed by atoms with Crippen LogP contribution in [0, 0.1) is 13.8 Å². The van der Waals surface area contributed by atoms with Gasteiger partial charge in [0, 0.05) is 11.3 Å². The van der Waals surface area contributed by atoms with Crippen molar-refractivity contribution < 1.29 is 9.32 Å². The zero-order chi connectivity index (χ0) is 17.1. The van der Waals surface area contributed by atoms with Gasteiger partial charge in [-0.2, -0.15) is 4.98 Å². The molecule has 0 unspecified atom stereocenters. The largest absolute Gasteiger partial charge is 0.348 e. The zero-order valence-electron chi connectivity index (χ0n) is 13.1. The Morgan fingerprint density at radius 3 is 2.92 bits per heavy atom. The first-order valence-electron chi connectivity index (χ1n) is 7.22. The number of thiophene rings is 1. The highest BCUT2D eigenvalue weighted by Gasteiger charge is 2.14. The fourth-order valence-electron chi connectivity index (χ4n) is 2.19. The second kappa shape index (κ2) is 6.75. The third-order valence-electron chi connectivity index (χ3n) is 3.32. The van der Waals surface area contributed by atoms with Crippen molar-refractivity contribution in [3.63, 3.8) is 0 Å². The van der Waals surface area contributed by atoms with Crippen LogP contribution in [0.1, 0.15) is 22.9 Å². The summed E-state index contributed by atoms with van der Waals surface area (Å²) in [7, 11) is 0. The van der Waals surface area contributed by atoms with Crippen LogP contribution in [0.3, 0.4) is 0 Å². The van der Waals surface area contributed by atoms with E-state index in [0.717, 1.165) is 4.88 Å². The lowest BCUT2D eigenvalue weighted by Crippen LogP contribution is -2.29. The van der Waals surface area contributed by atoms with Crippen LogP contribution in [0.5, 0.6) is 0 Å². The molecule has 0 aliphatic carbocycles. The number of nitrogens with zero attached hydrogens (tertiary/aromatic N) is 3. The third-order valence-corrected chi connectivity index (χ3v) is 4.18. The van der Waals surface area contributed by atoms with Crippen LogP contribution in [-0.2, 0) is 17.8 Å². The molecule has 0 saturated carbocycles. The molecular weight excluding hydrogens is 330 g/mol.